The van der Waals surface area contributed by atoms with Crippen LogP contribution >= 0.6 is 15.9 Å². The van der Waals surface area contributed by atoms with Gasteiger partial charge < -0.3 is 5.73 Å². The highest BCUT2D eigenvalue weighted by molar-refractivity contribution is 9.10. The van der Waals surface area contributed by atoms with E-state index in [0.717, 1.165) is 10.0 Å². The van der Waals surface area contributed by atoms with Crippen LogP contribution in [0.4, 0.5) is 4.39 Å². The molecule has 0 aromatic heterocycles. The third-order valence-corrected chi connectivity index (χ3v) is 3.15. The Balaban J connectivity index is 2.17. The second-order valence-corrected chi connectivity index (χ2v) is 4.88. The summed E-state index contributed by atoms with van der Waals surface area (Å²) in [6, 6.07) is 14.5. The summed E-state index contributed by atoms with van der Waals surface area (Å²) in [5.41, 5.74) is 7.69. The number of rotatable bonds is 3. The van der Waals surface area contributed by atoms with Crippen LogP contribution in [0.5, 0.6) is 0 Å². The lowest BCUT2D eigenvalue weighted by atomic mass is 9.99. The predicted molar refractivity (Wildman–Crippen MR) is 71.2 cm³/mol. The van der Waals surface area contributed by atoms with Crippen LogP contribution in [0.1, 0.15) is 17.2 Å². The number of hydrogen-bond acceptors (Lipinski definition) is 1. The Morgan fingerprint density at radius 3 is 2.47 bits per heavy atom. The molecule has 2 aromatic carbocycles. The van der Waals surface area contributed by atoms with E-state index in [0.29, 0.717) is 12.0 Å². The van der Waals surface area contributed by atoms with Crippen molar-refractivity contribution in [1.29, 1.82) is 0 Å². The Morgan fingerprint density at radius 2 is 1.82 bits per heavy atom. The Hall–Kier alpha value is -1.19. The van der Waals surface area contributed by atoms with E-state index >= 15 is 0 Å². The van der Waals surface area contributed by atoms with Crippen LogP contribution < -0.4 is 5.73 Å². The van der Waals surface area contributed by atoms with Crippen molar-refractivity contribution < 1.29 is 4.39 Å². The zero-order valence-corrected chi connectivity index (χ0v) is 10.8. The second-order valence-electron chi connectivity index (χ2n) is 3.96. The smallest absolute Gasteiger partial charge is 0.129 e. The van der Waals surface area contributed by atoms with Crippen molar-refractivity contribution in [2.24, 2.45) is 5.73 Å². The molecule has 0 fully saturated rings. The van der Waals surface area contributed by atoms with Gasteiger partial charge in [-0.05, 0) is 24.1 Å². The Labute approximate surface area is 109 Å². The maximum Gasteiger partial charge on any atom is 0.129 e. The lowest BCUT2D eigenvalue weighted by Crippen LogP contribution is -2.14. The van der Waals surface area contributed by atoms with Gasteiger partial charge in [-0.3, -0.25) is 0 Å². The predicted octanol–water partition coefficient (Wildman–Crippen LogP) is 3.83. The summed E-state index contributed by atoms with van der Waals surface area (Å²) in [7, 11) is 0. The molecule has 2 N–H and O–H groups in total. The first-order valence-corrected chi connectivity index (χ1v) is 6.20. The van der Waals surface area contributed by atoms with E-state index in [-0.39, 0.29) is 11.9 Å². The van der Waals surface area contributed by atoms with Crippen molar-refractivity contribution in [2.75, 3.05) is 0 Å². The molecule has 1 unspecified atom stereocenters. The summed E-state index contributed by atoms with van der Waals surface area (Å²) >= 11 is 3.23. The number of nitrogens with two attached hydrogens (primary N) is 1. The van der Waals surface area contributed by atoms with E-state index in [2.05, 4.69) is 15.9 Å². The normalized spacial score (nSPS) is 12.4. The van der Waals surface area contributed by atoms with Crippen LogP contribution in [0.3, 0.4) is 0 Å². The summed E-state index contributed by atoms with van der Waals surface area (Å²) in [4.78, 5) is 0. The molecule has 2 aromatic rings. The van der Waals surface area contributed by atoms with E-state index in [9.17, 15) is 4.39 Å². The Bertz CT molecular complexity index is 499. The topological polar surface area (TPSA) is 26.0 Å². The first-order valence-electron chi connectivity index (χ1n) is 5.41. The van der Waals surface area contributed by atoms with Crippen LogP contribution in [0, 0.1) is 5.82 Å². The van der Waals surface area contributed by atoms with Crippen molar-refractivity contribution in [3.8, 4) is 0 Å². The van der Waals surface area contributed by atoms with E-state index in [1.165, 1.54) is 6.07 Å². The third-order valence-electron chi connectivity index (χ3n) is 2.66. The van der Waals surface area contributed by atoms with Gasteiger partial charge in [0.15, 0.2) is 0 Å². The SMILES string of the molecule is NC(Cc1ccccc1)c1ccc(Br)cc1F. The molecule has 0 saturated heterocycles. The molecule has 0 bridgehead atoms. The van der Waals surface area contributed by atoms with Gasteiger partial charge in [0.25, 0.3) is 0 Å². The van der Waals surface area contributed by atoms with E-state index in [1.54, 1.807) is 6.07 Å². The Kier molecular flexibility index (Phi) is 3.92. The van der Waals surface area contributed by atoms with Crippen LogP contribution in [0.15, 0.2) is 53.0 Å². The highest BCUT2D eigenvalue weighted by Gasteiger charge is 2.12. The standard InChI is InChI=1S/C14H13BrFN/c15-11-6-7-12(13(16)9-11)14(17)8-10-4-2-1-3-5-10/h1-7,9,14H,8,17H2. The second kappa shape index (κ2) is 5.43. The highest BCUT2D eigenvalue weighted by atomic mass is 79.9. The van der Waals surface area contributed by atoms with E-state index < -0.39 is 0 Å². The maximum absolute atomic E-state index is 13.7. The molecule has 1 atom stereocenters. The number of benzene rings is 2. The Morgan fingerprint density at radius 1 is 1.12 bits per heavy atom. The fourth-order valence-electron chi connectivity index (χ4n) is 1.78. The number of hydrogen-bond donors (Lipinski definition) is 1. The first-order chi connectivity index (χ1) is 8.16. The third kappa shape index (κ3) is 3.14. The molecule has 3 heteroatoms. The van der Waals surface area contributed by atoms with Crippen LogP contribution in [-0.2, 0) is 6.42 Å². The van der Waals surface area contributed by atoms with Crippen LogP contribution in [0.25, 0.3) is 0 Å². The fourth-order valence-corrected chi connectivity index (χ4v) is 2.11. The number of halogens is 2. The molecule has 1 nitrogen and oxygen atoms in total. The molecule has 88 valence electrons. The van der Waals surface area contributed by atoms with Crippen LogP contribution in [-0.4, -0.2) is 0 Å². The van der Waals surface area contributed by atoms with Crippen molar-refractivity contribution in [1.82, 2.24) is 0 Å². The molecule has 0 saturated carbocycles. The molecule has 0 aliphatic carbocycles. The minimum atomic E-state index is -0.314. The minimum absolute atomic E-state index is 0.261. The van der Waals surface area contributed by atoms with Gasteiger partial charge in [0.05, 0.1) is 0 Å². The van der Waals surface area contributed by atoms with Crippen molar-refractivity contribution in [3.63, 3.8) is 0 Å². The lowest BCUT2D eigenvalue weighted by molar-refractivity contribution is 0.579. The molecular weight excluding hydrogens is 281 g/mol. The molecule has 0 heterocycles. The van der Waals surface area contributed by atoms with Gasteiger partial charge in [-0.25, -0.2) is 4.39 Å². The summed E-state index contributed by atoms with van der Waals surface area (Å²) in [5, 5.41) is 0. The van der Waals surface area contributed by atoms with Crippen molar-refractivity contribution >= 4 is 15.9 Å². The molecule has 0 spiro atoms. The summed E-state index contributed by atoms with van der Waals surface area (Å²) in [6.07, 6.45) is 0.638. The van der Waals surface area contributed by atoms with Gasteiger partial charge in [-0.1, -0.05) is 52.3 Å². The molecule has 17 heavy (non-hydrogen) atoms. The summed E-state index contributed by atoms with van der Waals surface area (Å²) in [5.74, 6) is -0.261. The molecule has 0 amide bonds. The molecule has 0 aliphatic heterocycles. The molecule has 2 rings (SSSR count). The van der Waals surface area contributed by atoms with Gasteiger partial charge in [0, 0.05) is 16.1 Å². The van der Waals surface area contributed by atoms with Gasteiger partial charge >= 0.3 is 0 Å². The maximum atomic E-state index is 13.7. The fraction of sp³-hybridized carbons (Fsp3) is 0.143. The lowest BCUT2D eigenvalue weighted by Gasteiger charge is -2.13. The van der Waals surface area contributed by atoms with Gasteiger partial charge in [0.2, 0.25) is 0 Å². The van der Waals surface area contributed by atoms with E-state index in [4.69, 9.17) is 5.73 Å². The quantitative estimate of drug-likeness (QED) is 0.914. The van der Waals surface area contributed by atoms with Crippen LogP contribution in [0.2, 0.25) is 0 Å². The van der Waals surface area contributed by atoms with Gasteiger partial charge in [0.1, 0.15) is 5.82 Å². The zero-order valence-electron chi connectivity index (χ0n) is 9.24. The zero-order chi connectivity index (χ0) is 12.3. The minimum Gasteiger partial charge on any atom is -0.324 e. The average molecular weight is 294 g/mol. The molecule has 0 aliphatic rings. The highest BCUT2D eigenvalue weighted by Crippen LogP contribution is 2.22. The van der Waals surface area contributed by atoms with Gasteiger partial charge in [-0.2, -0.15) is 0 Å². The summed E-state index contributed by atoms with van der Waals surface area (Å²) < 4.78 is 14.4. The largest absolute Gasteiger partial charge is 0.324 e. The van der Waals surface area contributed by atoms with E-state index in [1.807, 2.05) is 36.4 Å². The average Bonchev–Trinajstić information content (AvgIpc) is 2.30. The van der Waals surface area contributed by atoms with Gasteiger partial charge in [-0.15, -0.1) is 0 Å². The van der Waals surface area contributed by atoms with Crippen molar-refractivity contribution in [3.05, 3.63) is 69.9 Å². The monoisotopic (exact) mass is 293 g/mol. The first kappa shape index (κ1) is 12.3. The summed E-state index contributed by atoms with van der Waals surface area (Å²) in [6.45, 7) is 0. The van der Waals surface area contributed by atoms with Crippen molar-refractivity contribution in [2.45, 2.75) is 12.5 Å². The molecule has 0 radical (unpaired) electrons. The molecular formula is C14H13BrFN.